The molecule has 146 valence electrons. The Balaban J connectivity index is 0.00000392. The van der Waals surface area contributed by atoms with E-state index in [-0.39, 0.29) is 50.4 Å². The largest absolute Gasteiger partial charge is 1.00 e. The number of primary amides is 1. The Morgan fingerprint density at radius 1 is 1.50 bits per heavy atom. The van der Waals surface area contributed by atoms with E-state index in [2.05, 4.69) is 26.9 Å². The standard InChI is InChI=1S/C12H14N6O7S2.Na/c1-4(9(13)19)8-7(11(21)18(8)27(22,23)24)16-10(20)6(17-25-2)5-3-26-12(14)15-5;/h3,7-8H,1H2,2H3,(H2,13,19)(H2,14,15)(H,16,20)(H,22,23,24);/q;+1/p-1/b17-6-;/t7-,8-;/m0./s1. The molecule has 5 N–H and O–H groups in total. The van der Waals surface area contributed by atoms with Gasteiger partial charge in [-0.25, -0.2) is 17.7 Å². The van der Waals surface area contributed by atoms with Gasteiger partial charge in [0.2, 0.25) is 5.91 Å². The minimum absolute atomic E-state index is 0. The Kier molecular flexibility index (Phi) is 7.69. The average Bonchev–Trinajstić information content (AvgIpc) is 2.98. The molecule has 1 aliphatic heterocycles. The van der Waals surface area contributed by atoms with Crippen molar-refractivity contribution in [2.75, 3.05) is 12.8 Å². The quantitative estimate of drug-likeness (QED) is 0.0919. The van der Waals surface area contributed by atoms with Crippen molar-refractivity contribution in [3.05, 3.63) is 23.2 Å². The Bertz CT molecular complexity index is 959. The molecule has 0 radical (unpaired) electrons. The number of rotatable bonds is 7. The second-order valence-corrected chi connectivity index (χ2v) is 7.21. The average molecular weight is 440 g/mol. The smallest absolute Gasteiger partial charge is 0.731 e. The minimum Gasteiger partial charge on any atom is -0.731 e. The van der Waals surface area contributed by atoms with Crippen molar-refractivity contribution in [2.24, 2.45) is 10.9 Å². The summed E-state index contributed by atoms with van der Waals surface area (Å²) >= 11 is 1.01. The molecule has 16 heteroatoms. The number of carbonyl (C=O) groups excluding carboxylic acids is 3. The van der Waals surface area contributed by atoms with Crippen LogP contribution >= 0.6 is 11.3 Å². The molecule has 2 atom stereocenters. The van der Waals surface area contributed by atoms with Crippen LogP contribution < -0.4 is 46.3 Å². The van der Waals surface area contributed by atoms with Gasteiger partial charge in [-0.1, -0.05) is 11.7 Å². The van der Waals surface area contributed by atoms with E-state index in [1.807, 2.05) is 0 Å². The molecular weight excluding hydrogens is 427 g/mol. The number of nitrogens with one attached hydrogen (secondary N) is 1. The Morgan fingerprint density at radius 2 is 2.11 bits per heavy atom. The van der Waals surface area contributed by atoms with Crippen LogP contribution in [-0.4, -0.2) is 64.9 Å². The zero-order valence-electron chi connectivity index (χ0n) is 14.6. The van der Waals surface area contributed by atoms with E-state index in [1.54, 1.807) is 0 Å². The predicted molar refractivity (Wildman–Crippen MR) is 90.7 cm³/mol. The summed E-state index contributed by atoms with van der Waals surface area (Å²) in [6, 6.07) is -3.25. The minimum atomic E-state index is -5.26. The van der Waals surface area contributed by atoms with Gasteiger partial charge in [-0.3, -0.25) is 14.4 Å². The molecule has 0 aromatic carbocycles. The molecule has 3 amide bonds. The Hall–Kier alpha value is -2.04. The summed E-state index contributed by atoms with van der Waals surface area (Å²) in [6.45, 7) is 3.27. The van der Waals surface area contributed by atoms with Crippen molar-refractivity contribution in [1.29, 1.82) is 0 Å². The van der Waals surface area contributed by atoms with Crippen LogP contribution in [0.5, 0.6) is 0 Å². The first-order chi connectivity index (χ1) is 12.5. The molecule has 1 aromatic heterocycles. The van der Waals surface area contributed by atoms with E-state index >= 15 is 0 Å². The van der Waals surface area contributed by atoms with E-state index < -0.39 is 45.7 Å². The third-order valence-corrected chi connectivity index (χ3v) is 4.98. The normalized spacial score (nSPS) is 19.3. The summed E-state index contributed by atoms with van der Waals surface area (Å²) < 4.78 is 33.6. The first kappa shape index (κ1) is 24.0. The van der Waals surface area contributed by atoms with Gasteiger partial charge in [0.25, 0.3) is 11.8 Å². The fourth-order valence-electron chi connectivity index (χ4n) is 2.24. The van der Waals surface area contributed by atoms with Crippen LogP contribution in [0.1, 0.15) is 5.69 Å². The van der Waals surface area contributed by atoms with Gasteiger partial charge in [-0.05, 0) is 0 Å². The van der Waals surface area contributed by atoms with E-state index in [0.717, 1.165) is 18.4 Å². The fraction of sp³-hybridized carbons (Fsp3) is 0.250. The van der Waals surface area contributed by atoms with Gasteiger partial charge in [0.15, 0.2) is 21.1 Å². The van der Waals surface area contributed by atoms with Crippen LogP contribution in [-0.2, 0) is 29.5 Å². The number of oxime groups is 1. The van der Waals surface area contributed by atoms with Gasteiger partial charge in [-0.15, -0.1) is 11.3 Å². The molecular formula is C12H13N6NaO7S2. The summed E-state index contributed by atoms with van der Waals surface area (Å²) in [5.74, 6) is -3.41. The number of hydrogen-bond donors (Lipinski definition) is 3. The topological polar surface area (TPSA) is 210 Å². The third-order valence-electron chi connectivity index (χ3n) is 3.41. The number of hydrogen-bond acceptors (Lipinski definition) is 11. The maximum Gasteiger partial charge on any atom is 1.00 e. The Morgan fingerprint density at radius 3 is 2.54 bits per heavy atom. The molecule has 1 aliphatic rings. The van der Waals surface area contributed by atoms with Crippen LogP contribution in [0.4, 0.5) is 5.13 Å². The number of nitrogens with zero attached hydrogens (tertiary/aromatic N) is 3. The predicted octanol–water partition coefficient (Wildman–Crippen LogP) is -5.72. The number of anilines is 1. The molecule has 0 spiro atoms. The van der Waals surface area contributed by atoms with Crippen LogP contribution in [0.25, 0.3) is 0 Å². The SMILES string of the molecule is C=C(C(N)=O)[C@H]1[C@H](NC(=O)/C(=N\OC)c2csc(N)n2)C(=O)N1S(=O)(=O)[O-].[Na+]. The molecule has 13 nitrogen and oxygen atoms in total. The van der Waals surface area contributed by atoms with Crippen LogP contribution in [0, 0.1) is 0 Å². The van der Waals surface area contributed by atoms with Gasteiger partial charge in [0.1, 0.15) is 24.9 Å². The van der Waals surface area contributed by atoms with E-state index in [9.17, 15) is 27.4 Å². The molecule has 1 aromatic rings. The summed E-state index contributed by atoms with van der Waals surface area (Å²) in [5.41, 5.74) is 9.63. The van der Waals surface area contributed by atoms with E-state index in [1.165, 1.54) is 5.38 Å². The molecule has 0 saturated carbocycles. The van der Waals surface area contributed by atoms with Crippen molar-refractivity contribution in [2.45, 2.75) is 12.1 Å². The number of thiazole rings is 1. The fourth-order valence-corrected chi connectivity index (χ4v) is 3.65. The summed E-state index contributed by atoms with van der Waals surface area (Å²) in [6.07, 6.45) is 0. The van der Waals surface area contributed by atoms with Gasteiger partial charge in [0.05, 0.1) is 0 Å². The summed E-state index contributed by atoms with van der Waals surface area (Å²) in [4.78, 5) is 44.2. The molecule has 28 heavy (non-hydrogen) atoms. The molecule has 2 rings (SSSR count). The molecule has 1 saturated heterocycles. The van der Waals surface area contributed by atoms with Crippen LogP contribution in [0.3, 0.4) is 0 Å². The van der Waals surface area contributed by atoms with Crippen molar-refractivity contribution in [1.82, 2.24) is 14.6 Å². The number of aromatic nitrogens is 1. The first-order valence-corrected chi connectivity index (χ1v) is 9.14. The summed E-state index contributed by atoms with van der Waals surface area (Å²) in [5, 5.41) is 7.17. The molecule has 1 fully saturated rings. The monoisotopic (exact) mass is 440 g/mol. The van der Waals surface area contributed by atoms with Crippen molar-refractivity contribution in [3.8, 4) is 0 Å². The third kappa shape index (κ3) is 4.68. The molecule has 0 bridgehead atoms. The maximum atomic E-state index is 12.4. The number of β-lactam (4-membered cyclic amide) rings is 1. The van der Waals surface area contributed by atoms with Gasteiger partial charge in [0, 0.05) is 11.0 Å². The van der Waals surface area contributed by atoms with Gasteiger partial charge in [-0.2, -0.15) is 0 Å². The second kappa shape index (κ2) is 8.97. The first-order valence-electron chi connectivity index (χ1n) is 6.90. The van der Waals surface area contributed by atoms with Gasteiger partial charge < -0.3 is 26.2 Å². The second-order valence-electron chi connectivity index (χ2n) is 5.07. The van der Waals surface area contributed by atoms with Crippen molar-refractivity contribution >= 4 is 50.2 Å². The molecule has 0 aliphatic carbocycles. The van der Waals surface area contributed by atoms with E-state index in [0.29, 0.717) is 0 Å². The summed E-state index contributed by atoms with van der Waals surface area (Å²) in [7, 11) is -4.11. The number of amides is 3. The van der Waals surface area contributed by atoms with Gasteiger partial charge >= 0.3 is 29.6 Å². The zero-order valence-corrected chi connectivity index (χ0v) is 18.2. The molecule has 0 unspecified atom stereocenters. The molecule has 2 heterocycles. The number of nitrogen functional groups attached to an aromatic ring is 1. The number of carbonyl (C=O) groups is 3. The van der Waals surface area contributed by atoms with Crippen molar-refractivity contribution in [3.63, 3.8) is 0 Å². The van der Waals surface area contributed by atoms with Crippen LogP contribution in [0.15, 0.2) is 22.7 Å². The zero-order chi connectivity index (χ0) is 20.5. The van der Waals surface area contributed by atoms with Crippen LogP contribution in [0.2, 0.25) is 0 Å². The maximum absolute atomic E-state index is 12.4. The van der Waals surface area contributed by atoms with E-state index in [4.69, 9.17) is 11.5 Å². The van der Waals surface area contributed by atoms with Crippen molar-refractivity contribution < 1.29 is 61.7 Å². The Labute approximate surface area is 184 Å². The number of nitrogens with two attached hydrogens (primary N) is 2.